The standard InChI is InChI=1S/C26H29FN4O2.CH3F/c1-3-18-15-20(16-29-23(18)4-2)24(32)28-11-14-31-12-9-26(10-13-31)22(17-30-25(26)33)19-5-7-21(27)8-6-19;1-2/h3-8,15-16,22H,1-2,9-14,17H2,(H,28,32)(H,30,33);1H3. The van der Waals surface area contributed by atoms with Crippen molar-refractivity contribution in [2.24, 2.45) is 5.41 Å². The molecule has 8 heteroatoms. The van der Waals surface area contributed by atoms with E-state index in [-0.39, 0.29) is 23.5 Å². The van der Waals surface area contributed by atoms with Crippen molar-refractivity contribution in [2.75, 3.05) is 39.9 Å². The van der Waals surface area contributed by atoms with Crippen molar-refractivity contribution >= 4 is 24.0 Å². The fraction of sp³-hybridized carbons (Fsp3) is 0.370. The first-order valence-corrected chi connectivity index (χ1v) is 11.6. The molecule has 186 valence electrons. The van der Waals surface area contributed by atoms with Crippen LogP contribution in [0.15, 0.2) is 49.7 Å². The van der Waals surface area contributed by atoms with Gasteiger partial charge < -0.3 is 15.5 Å². The number of aromatic nitrogens is 1. The average molecular weight is 483 g/mol. The quantitative estimate of drug-likeness (QED) is 0.629. The van der Waals surface area contributed by atoms with E-state index < -0.39 is 5.41 Å². The smallest absolute Gasteiger partial charge is 0.252 e. The SMILES string of the molecule is C=Cc1cc(C(=O)NCCN2CCC3(CC2)C(=O)NCC3c2ccc(F)cc2)cnc1C=C.CF. The van der Waals surface area contributed by atoms with Crippen LogP contribution in [0, 0.1) is 11.2 Å². The third kappa shape index (κ3) is 5.65. The zero-order valence-corrected chi connectivity index (χ0v) is 20.0. The van der Waals surface area contributed by atoms with E-state index in [4.69, 9.17) is 0 Å². The summed E-state index contributed by atoms with van der Waals surface area (Å²) in [6.07, 6.45) is 6.31. The lowest BCUT2D eigenvalue weighted by Crippen LogP contribution is -2.47. The van der Waals surface area contributed by atoms with Gasteiger partial charge in [-0.05, 0) is 55.8 Å². The molecular formula is C27H32F2N4O2. The molecule has 0 aliphatic carbocycles. The molecule has 2 aromatic rings. The Morgan fingerprint density at radius 2 is 1.91 bits per heavy atom. The van der Waals surface area contributed by atoms with Gasteiger partial charge in [-0.25, -0.2) is 4.39 Å². The number of rotatable bonds is 7. The molecule has 2 N–H and O–H groups in total. The maximum Gasteiger partial charge on any atom is 0.252 e. The van der Waals surface area contributed by atoms with Crippen LogP contribution in [0.5, 0.6) is 0 Å². The van der Waals surface area contributed by atoms with Crippen LogP contribution in [-0.4, -0.2) is 61.6 Å². The van der Waals surface area contributed by atoms with Gasteiger partial charge in [0.15, 0.2) is 0 Å². The summed E-state index contributed by atoms with van der Waals surface area (Å²) in [5, 5.41) is 5.97. The van der Waals surface area contributed by atoms with Gasteiger partial charge in [0, 0.05) is 37.3 Å². The Morgan fingerprint density at radius 3 is 2.54 bits per heavy atom. The lowest BCUT2D eigenvalue weighted by atomic mass is 9.68. The van der Waals surface area contributed by atoms with E-state index in [1.165, 1.54) is 18.3 Å². The Bertz CT molecular complexity index is 1060. The van der Waals surface area contributed by atoms with Gasteiger partial charge in [0.2, 0.25) is 5.91 Å². The topological polar surface area (TPSA) is 74.3 Å². The Kier molecular flexibility index (Phi) is 8.87. The molecule has 0 bridgehead atoms. The summed E-state index contributed by atoms with van der Waals surface area (Å²) in [7, 11) is 0.500. The predicted octanol–water partition coefficient (Wildman–Crippen LogP) is 3.82. The van der Waals surface area contributed by atoms with E-state index in [1.807, 2.05) is 0 Å². The first kappa shape index (κ1) is 26.2. The first-order valence-electron chi connectivity index (χ1n) is 11.6. The van der Waals surface area contributed by atoms with E-state index >= 15 is 0 Å². The van der Waals surface area contributed by atoms with Crippen molar-refractivity contribution in [2.45, 2.75) is 18.8 Å². The summed E-state index contributed by atoms with van der Waals surface area (Å²) < 4.78 is 22.9. The highest BCUT2D eigenvalue weighted by Gasteiger charge is 2.51. The van der Waals surface area contributed by atoms with Crippen molar-refractivity contribution in [1.29, 1.82) is 0 Å². The van der Waals surface area contributed by atoms with Crippen LogP contribution in [0.1, 0.15) is 45.9 Å². The van der Waals surface area contributed by atoms with Crippen LogP contribution in [0.3, 0.4) is 0 Å². The second kappa shape index (κ2) is 11.8. The molecule has 4 rings (SSSR count). The molecule has 1 unspecified atom stereocenters. The summed E-state index contributed by atoms with van der Waals surface area (Å²) in [5.41, 5.74) is 2.50. The number of amides is 2. The maximum absolute atomic E-state index is 13.4. The van der Waals surface area contributed by atoms with Gasteiger partial charge in [-0.15, -0.1) is 0 Å². The molecule has 6 nitrogen and oxygen atoms in total. The fourth-order valence-electron chi connectivity index (χ4n) is 4.99. The highest BCUT2D eigenvalue weighted by atomic mass is 19.1. The molecule has 2 amide bonds. The molecule has 1 aromatic heterocycles. The molecule has 1 spiro atoms. The number of pyridine rings is 1. The van der Waals surface area contributed by atoms with Gasteiger partial charge in [-0.3, -0.25) is 19.0 Å². The van der Waals surface area contributed by atoms with Crippen molar-refractivity contribution in [3.63, 3.8) is 0 Å². The zero-order valence-electron chi connectivity index (χ0n) is 20.0. The third-order valence-corrected chi connectivity index (χ3v) is 6.95. The summed E-state index contributed by atoms with van der Waals surface area (Å²) in [6, 6.07) is 8.26. The van der Waals surface area contributed by atoms with Crippen LogP contribution in [0.4, 0.5) is 8.78 Å². The number of halogens is 2. The first-order chi connectivity index (χ1) is 17.0. The van der Waals surface area contributed by atoms with Crippen molar-refractivity contribution < 1.29 is 18.4 Å². The lowest BCUT2D eigenvalue weighted by molar-refractivity contribution is -0.130. The summed E-state index contributed by atoms with van der Waals surface area (Å²) >= 11 is 0. The Hall–Kier alpha value is -3.39. The van der Waals surface area contributed by atoms with Gasteiger partial charge in [0.25, 0.3) is 5.91 Å². The Morgan fingerprint density at radius 1 is 1.23 bits per heavy atom. The van der Waals surface area contributed by atoms with E-state index in [9.17, 15) is 18.4 Å². The highest BCUT2D eigenvalue weighted by Crippen LogP contribution is 2.47. The second-order valence-electron chi connectivity index (χ2n) is 8.67. The summed E-state index contributed by atoms with van der Waals surface area (Å²) in [4.78, 5) is 31.8. The number of carbonyl (C=O) groups is 2. The number of piperidine rings is 1. The minimum atomic E-state index is -0.447. The maximum atomic E-state index is 13.4. The number of alkyl halides is 1. The molecule has 2 saturated heterocycles. The van der Waals surface area contributed by atoms with Crippen LogP contribution in [0.25, 0.3) is 12.2 Å². The van der Waals surface area contributed by atoms with Gasteiger partial charge in [-0.2, -0.15) is 0 Å². The molecular weight excluding hydrogens is 450 g/mol. The van der Waals surface area contributed by atoms with Gasteiger partial charge in [-0.1, -0.05) is 31.4 Å². The molecule has 0 saturated carbocycles. The van der Waals surface area contributed by atoms with Crippen molar-refractivity contribution in [3.8, 4) is 0 Å². The molecule has 1 atom stereocenters. The molecule has 2 aliphatic heterocycles. The minimum Gasteiger partial charge on any atom is -0.355 e. The second-order valence-corrected chi connectivity index (χ2v) is 8.67. The fourth-order valence-corrected chi connectivity index (χ4v) is 4.99. The highest BCUT2D eigenvalue weighted by molar-refractivity contribution is 5.94. The van der Waals surface area contributed by atoms with E-state index in [2.05, 4.69) is 33.7 Å². The number of carbonyl (C=O) groups excluding carboxylic acids is 2. The third-order valence-electron chi connectivity index (χ3n) is 6.95. The van der Waals surface area contributed by atoms with Crippen LogP contribution < -0.4 is 10.6 Å². The van der Waals surface area contributed by atoms with Crippen LogP contribution in [-0.2, 0) is 4.79 Å². The monoisotopic (exact) mass is 482 g/mol. The van der Waals surface area contributed by atoms with Crippen molar-refractivity contribution in [3.05, 3.63) is 77.9 Å². The molecule has 0 radical (unpaired) electrons. The molecule has 35 heavy (non-hydrogen) atoms. The Labute approximate surface area is 205 Å². The van der Waals surface area contributed by atoms with E-state index in [1.54, 1.807) is 30.4 Å². The number of hydrogen-bond donors (Lipinski definition) is 2. The van der Waals surface area contributed by atoms with Crippen LogP contribution in [0.2, 0.25) is 0 Å². The lowest BCUT2D eigenvalue weighted by Gasteiger charge is -2.41. The van der Waals surface area contributed by atoms with Gasteiger partial charge >= 0.3 is 0 Å². The van der Waals surface area contributed by atoms with Gasteiger partial charge in [0.1, 0.15) is 5.82 Å². The van der Waals surface area contributed by atoms with Crippen molar-refractivity contribution in [1.82, 2.24) is 20.5 Å². The van der Waals surface area contributed by atoms with Crippen LogP contribution >= 0.6 is 0 Å². The normalized spacial score (nSPS) is 18.8. The molecule has 2 aliphatic rings. The number of hydrogen-bond acceptors (Lipinski definition) is 4. The largest absolute Gasteiger partial charge is 0.355 e. The number of nitrogens with zero attached hydrogens (tertiary/aromatic N) is 2. The predicted molar refractivity (Wildman–Crippen MR) is 134 cm³/mol. The molecule has 3 heterocycles. The van der Waals surface area contributed by atoms with Gasteiger partial charge in [0.05, 0.1) is 23.8 Å². The molecule has 1 aromatic carbocycles. The van der Waals surface area contributed by atoms with E-state index in [0.29, 0.717) is 38.1 Å². The average Bonchev–Trinajstić information content (AvgIpc) is 3.21. The Balaban J connectivity index is 0.00000167. The summed E-state index contributed by atoms with van der Waals surface area (Å²) in [6.45, 7) is 10.8. The summed E-state index contributed by atoms with van der Waals surface area (Å²) in [5.74, 6) is -0.299. The molecule has 2 fully saturated rings. The number of likely N-dealkylation sites (tertiary alicyclic amines) is 1. The number of benzene rings is 1. The van der Waals surface area contributed by atoms with E-state index in [0.717, 1.165) is 37.1 Å². The zero-order chi connectivity index (χ0) is 25.4. The number of nitrogens with one attached hydrogen (secondary N) is 2. The minimum absolute atomic E-state index is 0.0533.